The number of hydrogen-bond acceptors (Lipinski definition) is 7. The van der Waals surface area contributed by atoms with Crippen molar-refractivity contribution in [2.45, 2.75) is 63.6 Å². The highest BCUT2D eigenvalue weighted by molar-refractivity contribution is 5.80. The monoisotopic (exact) mass is 438 g/mol. The Morgan fingerprint density at radius 1 is 1.19 bits per heavy atom. The third-order valence-electron chi connectivity index (χ3n) is 6.75. The minimum atomic E-state index is -0.373. The Morgan fingerprint density at radius 2 is 1.97 bits per heavy atom. The van der Waals surface area contributed by atoms with Gasteiger partial charge in [-0.15, -0.1) is 5.10 Å². The van der Waals surface area contributed by atoms with Gasteiger partial charge >= 0.3 is 0 Å². The number of likely N-dealkylation sites (tertiary alicyclic amines) is 1. The Balaban J connectivity index is 1.62. The normalized spacial score (nSPS) is 19.6. The highest BCUT2D eigenvalue weighted by Crippen LogP contribution is 2.35. The number of rotatable bonds is 6. The molecular weight excluding hydrogens is 408 g/mol. The zero-order valence-corrected chi connectivity index (χ0v) is 18.4. The van der Waals surface area contributed by atoms with E-state index in [9.17, 15) is 9.90 Å². The number of pyridine rings is 1. The van der Waals surface area contributed by atoms with Crippen molar-refractivity contribution in [3.63, 3.8) is 0 Å². The maximum absolute atomic E-state index is 13.3. The van der Waals surface area contributed by atoms with E-state index >= 15 is 0 Å². The van der Waals surface area contributed by atoms with E-state index in [4.69, 9.17) is 4.74 Å². The first-order chi connectivity index (χ1) is 15.6. The van der Waals surface area contributed by atoms with Gasteiger partial charge in [-0.2, -0.15) is 0 Å². The Labute approximate surface area is 186 Å². The van der Waals surface area contributed by atoms with Gasteiger partial charge < -0.3 is 14.8 Å². The molecule has 9 heteroatoms. The molecule has 0 bridgehead atoms. The number of nitrogens with one attached hydrogen (secondary N) is 1. The second-order valence-electron chi connectivity index (χ2n) is 8.83. The molecule has 1 saturated heterocycles. The van der Waals surface area contributed by atoms with E-state index in [0.29, 0.717) is 43.9 Å². The molecule has 3 aromatic rings. The summed E-state index contributed by atoms with van der Waals surface area (Å²) in [5, 5.41) is 23.7. The summed E-state index contributed by atoms with van der Waals surface area (Å²) in [7, 11) is 0. The average Bonchev–Trinajstić information content (AvgIpc) is 3.48. The van der Waals surface area contributed by atoms with Crippen LogP contribution in [0.1, 0.15) is 68.9 Å². The summed E-state index contributed by atoms with van der Waals surface area (Å²) in [5.74, 6) is 1.48. The number of aromatic nitrogens is 5. The summed E-state index contributed by atoms with van der Waals surface area (Å²) in [6.07, 6.45) is 5.47. The number of ether oxygens (including phenoxy) is 1. The zero-order valence-electron chi connectivity index (χ0n) is 18.4. The lowest BCUT2D eigenvalue weighted by molar-refractivity contribution is 0.0654. The van der Waals surface area contributed by atoms with Gasteiger partial charge in [0, 0.05) is 29.6 Å². The number of aliphatic hydroxyl groups is 1. The number of piperidine rings is 1. The SMILES string of the molecule is CCOc1ccc2[nH]c(=O)c(C(c3nnnn3C3CCCC3)N3CCC(O)CC3)cc2c1. The van der Waals surface area contributed by atoms with Crippen LogP contribution in [0.5, 0.6) is 5.75 Å². The van der Waals surface area contributed by atoms with Crippen LogP contribution in [0.15, 0.2) is 29.1 Å². The van der Waals surface area contributed by atoms with Gasteiger partial charge in [0.25, 0.3) is 5.56 Å². The molecule has 2 aliphatic rings. The Bertz CT molecular complexity index is 1130. The molecule has 2 fully saturated rings. The van der Waals surface area contributed by atoms with Crippen LogP contribution in [0.3, 0.4) is 0 Å². The molecule has 1 saturated carbocycles. The van der Waals surface area contributed by atoms with Crippen LogP contribution < -0.4 is 10.3 Å². The van der Waals surface area contributed by atoms with Crippen molar-refractivity contribution in [2.75, 3.05) is 19.7 Å². The first-order valence-corrected chi connectivity index (χ1v) is 11.6. The quantitative estimate of drug-likeness (QED) is 0.609. The van der Waals surface area contributed by atoms with E-state index < -0.39 is 0 Å². The van der Waals surface area contributed by atoms with Crippen molar-refractivity contribution in [2.24, 2.45) is 0 Å². The molecule has 32 heavy (non-hydrogen) atoms. The van der Waals surface area contributed by atoms with Crippen molar-refractivity contribution in [3.8, 4) is 5.75 Å². The minimum Gasteiger partial charge on any atom is -0.494 e. The van der Waals surface area contributed by atoms with Crippen molar-refractivity contribution < 1.29 is 9.84 Å². The molecule has 1 aliphatic carbocycles. The fourth-order valence-electron chi connectivity index (χ4n) is 5.09. The number of benzene rings is 1. The van der Waals surface area contributed by atoms with Gasteiger partial charge in [0.1, 0.15) is 11.8 Å². The van der Waals surface area contributed by atoms with E-state index in [2.05, 4.69) is 25.4 Å². The molecular formula is C23H30N6O3. The zero-order chi connectivity index (χ0) is 22.1. The van der Waals surface area contributed by atoms with Crippen LogP contribution in [0.4, 0.5) is 0 Å². The third kappa shape index (κ3) is 4.02. The molecule has 9 nitrogen and oxygen atoms in total. The summed E-state index contributed by atoms with van der Waals surface area (Å²) in [4.78, 5) is 18.6. The predicted molar refractivity (Wildman–Crippen MR) is 120 cm³/mol. The molecule has 3 heterocycles. The van der Waals surface area contributed by atoms with Crippen molar-refractivity contribution in [1.82, 2.24) is 30.1 Å². The van der Waals surface area contributed by atoms with Crippen LogP contribution in [-0.4, -0.2) is 61.0 Å². The van der Waals surface area contributed by atoms with Crippen LogP contribution in [0.25, 0.3) is 10.9 Å². The number of nitrogens with zero attached hydrogens (tertiary/aromatic N) is 5. The van der Waals surface area contributed by atoms with Crippen LogP contribution >= 0.6 is 0 Å². The van der Waals surface area contributed by atoms with Gasteiger partial charge in [0.2, 0.25) is 0 Å². The fourth-order valence-corrected chi connectivity index (χ4v) is 5.09. The molecule has 0 spiro atoms. The molecule has 2 aromatic heterocycles. The summed E-state index contributed by atoms with van der Waals surface area (Å²) in [6, 6.07) is 7.53. The van der Waals surface area contributed by atoms with E-state index in [0.717, 1.165) is 29.5 Å². The second-order valence-corrected chi connectivity index (χ2v) is 8.83. The largest absolute Gasteiger partial charge is 0.494 e. The Hall–Kier alpha value is -2.78. The Morgan fingerprint density at radius 3 is 2.72 bits per heavy atom. The summed E-state index contributed by atoms with van der Waals surface area (Å²) in [5.41, 5.74) is 1.25. The summed E-state index contributed by atoms with van der Waals surface area (Å²) < 4.78 is 7.60. The van der Waals surface area contributed by atoms with Crippen molar-refractivity contribution in [3.05, 3.63) is 46.0 Å². The molecule has 0 radical (unpaired) electrons. The van der Waals surface area contributed by atoms with Crippen LogP contribution in [-0.2, 0) is 0 Å². The maximum Gasteiger partial charge on any atom is 0.253 e. The molecule has 5 rings (SSSR count). The highest BCUT2D eigenvalue weighted by Gasteiger charge is 2.34. The van der Waals surface area contributed by atoms with Gasteiger partial charge in [-0.1, -0.05) is 12.8 Å². The number of fused-ring (bicyclic) bond motifs is 1. The average molecular weight is 439 g/mol. The van der Waals surface area contributed by atoms with Gasteiger partial charge in [-0.05, 0) is 67.3 Å². The van der Waals surface area contributed by atoms with Crippen LogP contribution in [0, 0.1) is 0 Å². The van der Waals surface area contributed by atoms with E-state index in [1.165, 1.54) is 12.8 Å². The van der Waals surface area contributed by atoms with Crippen molar-refractivity contribution in [1.29, 1.82) is 0 Å². The van der Waals surface area contributed by atoms with E-state index in [-0.39, 0.29) is 23.7 Å². The lowest BCUT2D eigenvalue weighted by atomic mass is 9.99. The first kappa shape index (κ1) is 21.1. The molecule has 1 unspecified atom stereocenters. The molecule has 1 aliphatic heterocycles. The number of aromatic amines is 1. The molecule has 0 amide bonds. The smallest absolute Gasteiger partial charge is 0.253 e. The Kier molecular flexibility index (Phi) is 5.93. The minimum absolute atomic E-state index is 0.140. The third-order valence-corrected chi connectivity index (χ3v) is 6.75. The number of hydrogen-bond donors (Lipinski definition) is 2. The van der Waals surface area contributed by atoms with Crippen molar-refractivity contribution >= 4 is 10.9 Å². The van der Waals surface area contributed by atoms with E-state index in [1.807, 2.05) is 35.9 Å². The summed E-state index contributed by atoms with van der Waals surface area (Å²) >= 11 is 0. The lowest BCUT2D eigenvalue weighted by Crippen LogP contribution is -2.42. The molecule has 170 valence electrons. The fraction of sp³-hybridized carbons (Fsp3) is 0.565. The van der Waals surface area contributed by atoms with Gasteiger partial charge in [0.05, 0.1) is 18.8 Å². The number of H-pyrrole nitrogens is 1. The number of aliphatic hydroxyl groups excluding tert-OH is 1. The first-order valence-electron chi connectivity index (χ1n) is 11.6. The van der Waals surface area contributed by atoms with Gasteiger partial charge in [-0.3, -0.25) is 9.69 Å². The number of tetrazole rings is 1. The van der Waals surface area contributed by atoms with Gasteiger partial charge in [0.15, 0.2) is 5.82 Å². The van der Waals surface area contributed by atoms with Crippen LogP contribution in [0.2, 0.25) is 0 Å². The second kappa shape index (κ2) is 8.99. The maximum atomic E-state index is 13.3. The predicted octanol–water partition coefficient (Wildman–Crippen LogP) is 2.57. The van der Waals surface area contributed by atoms with Gasteiger partial charge in [-0.25, -0.2) is 4.68 Å². The van der Waals surface area contributed by atoms with E-state index in [1.54, 1.807) is 0 Å². The lowest BCUT2D eigenvalue weighted by Gasteiger charge is -2.35. The topological polar surface area (TPSA) is 109 Å². The molecule has 1 aromatic carbocycles. The standard InChI is InChI=1S/C23H30N6O3/c1-2-32-18-7-8-20-15(13-18)14-19(23(31)24-20)21(28-11-9-17(30)10-12-28)22-25-26-27-29(22)16-5-3-4-6-16/h7-8,13-14,16-17,21,30H,2-6,9-12H2,1H3,(H,24,31). The summed E-state index contributed by atoms with van der Waals surface area (Å²) in [6.45, 7) is 3.89. The highest BCUT2D eigenvalue weighted by atomic mass is 16.5. The molecule has 1 atom stereocenters. The molecule has 2 N–H and O–H groups in total.